The molecular weight excluding hydrogens is 673 g/mol. The van der Waals surface area contributed by atoms with Gasteiger partial charge in [0.25, 0.3) is 0 Å². The van der Waals surface area contributed by atoms with Gasteiger partial charge >= 0.3 is 0 Å². The van der Waals surface area contributed by atoms with Gasteiger partial charge < -0.3 is 0 Å². The Morgan fingerprint density at radius 3 is 1.48 bits per heavy atom. The second-order valence-electron chi connectivity index (χ2n) is 15.5. The lowest BCUT2D eigenvalue weighted by molar-refractivity contribution is 1.66. The van der Waals surface area contributed by atoms with E-state index in [4.69, 9.17) is 0 Å². The number of benzene rings is 11. The molecule has 0 saturated carbocycles. The highest BCUT2D eigenvalue weighted by molar-refractivity contribution is 6.46. The molecule has 0 atom stereocenters. The topological polar surface area (TPSA) is 0 Å². The zero-order valence-electron chi connectivity index (χ0n) is 30.5. The zero-order valence-corrected chi connectivity index (χ0v) is 30.5. The molecule has 0 unspecified atom stereocenters. The first-order valence-electron chi connectivity index (χ1n) is 19.6. The first kappa shape index (κ1) is 30.1. The fourth-order valence-electron chi connectivity index (χ4n) is 10.4. The Morgan fingerprint density at radius 1 is 0.179 bits per heavy atom. The highest BCUT2D eigenvalue weighted by Crippen LogP contribution is 2.55. The van der Waals surface area contributed by atoms with Crippen molar-refractivity contribution in [3.8, 4) is 33.4 Å². The van der Waals surface area contributed by atoms with Crippen molar-refractivity contribution in [3.05, 3.63) is 194 Å². The van der Waals surface area contributed by atoms with Gasteiger partial charge in [-0.1, -0.05) is 176 Å². The van der Waals surface area contributed by atoms with Crippen LogP contribution in [0, 0.1) is 0 Å². The Balaban J connectivity index is 1.31. The van der Waals surface area contributed by atoms with E-state index >= 15 is 0 Å². The second-order valence-corrected chi connectivity index (χ2v) is 15.5. The lowest BCUT2D eigenvalue weighted by atomic mass is 9.84. The molecule has 0 aliphatic carbocycles. The first-order chi connectivity index (χ1) is 27.8. The summed E-state index contributed by atoms with van der Waals surface area (Å²) in [5, 5.41) is 23.7. The van der Waals surface area contributed by atoms with Gasteiger partial charge in [-0.2, -0.15) is 0 Å². The van der Waals surface area contributed by atoms with Crippen LogP contribution in [0.25, 0.3) is 130 Å². The summed E-state index contributed by atoms with van der Waals surface area (Å²) in [7, 11) is 0. The van der Waals surface area contributed by atoms with Crippen LogP contribution >= 0.6 is 0 Å². The molecule has 256 valence electrons. The summed E-state index contributed by atoms with van der Waals surface area (Å²) < 4.78 is 0. The summed E-state index contributed by atoms with van der Waals surface area (Å²) >= 11 is 0. The summed E-state index contributed by atoms with van der Waals surface area (Å²) in [4.78, 5) is 0. The predicted molar refractivity (Wildman–Crippen MR) is 243 cm³/mol. The van der Waals surface area contributed by atoms with Crippen LogP contribution in [-0.4, -0.2) is 0 Å². The third-order valence-corrected chi connectivity index (χ3v) is 12.7. The smallest absolute Gasteiger partial charge is 0.000718 e. The van der Waals surface area contributed by atoms with Gasteiger partial charge in [-0.3, -0.25) is 0 Å². The number of rotatable bonds is 3. The van der Waals surface area contributed by atoms with Gasteiger partial charge in [0.2, 0.25) is 0 Å². The summed E-state index contributed by atoms with van der Waals surface area (Å²) in [6.45, 7) is 0. The average Bonchev–Trinajstić information content (AvgIpc) is 3.77. The normalized spacial score (nSPS) is 12.3. The molecule has 0 saturated heterocycles. The molecule has 0 aliphatic heterocycles. The van der Waals surface area contributed by atoms with Crippen LogP contribution in [0.5, 0.6) is 0 Å². The Morgan fingerprint density at radius 2 is 0.732 bits per heavy atom. The van der Waals surface area contributed by atoms with Crippen molar-refractivity contribution in [1.29, 1.82) is 0 Å². The quantitative estimate of drug-likeness (QED) is 0.161. The molecule has 0 heteroatoms. The fraction of sp³-hybridized carbons (Fsp3) is 0. The van der Waals surface area contributed by atoms with Gasteiger partial charge in [-0.05, 0) is 149 Å². The molecule has 0 amide bonds. The Labute approximate surface area is 323 Å². The van der Waals surface area contributed by atoms with Crippen LogP contribution in [0.4, 0.5) is 0 Å². The number of fused-ring (bicyclic) bond motifs is 12. The maximum Gasteiger partial charge on any atom is -0.000718 e. The van der Waals surface area contributed by atoms with Gasteiger partial charge in [0.1, 0.15) is 0 Å². The van der Waals surface area contributed by atoms with Crippen LogP contribution in [0.3, 0.4) is 0 Å². The van der Waals surface area contributed by atoms with Crippen LogP contribution in [0.2, 0.25) is 0 Å². The van der Waals surface area contributed by atoms with Gasteiger partial charge in [0, 0.05) is 0 Å². The van der Waals surface area contributed by atoms with Gasteiger partial charge in [-0.15, -0.1) is 0 Å². The van der Waals surface area contributed by atoms with E-state index in [0.29, 0.717) is 0 Å². The van der Waals surface area contributed by atoms with E-state index in [1.165, 1.54) is 130 Å². The van der Waals surface area contributed by atoms with Crippen molar-refractivity contribution >= 4 is 97.0 Å². The Kier molecular flexibility index (Phi) is 5.98. The van der Waals surface area contributed by atoms with Gasteiger partial charge in [-0.25, -0.2) is 0 Å². The lowest BCUT2D eigenvalue weighted by Gasteiger charge is -2.19. The van der Waals surface area contributed by atoms with Gasteiger partial charge in [0.15, 0.2) is 0 Å². The second kappa shape index (κ2) is 11.1. The third kappa shape index (κ3) is 3.93. The van der Waals surface area contributed by atoms with Gasteiger partial charge in [0.05, 0.1) is 0 Å². The zero-order chi connectivity index (χ0) is 36.5. The van der Waals surface area contributed by atoms with Crippen LogP contribution in [-0.2, 0) is 0 Å². The summed E-state index contributed by atoms with van der Waals surface area (Å²) in [5.41, 5.74) is 7.61. The first-order valence-corrected chi connectivity index (χ1v) is 19.6. The number of hydrogen-bond donors (Lipinski definition) is 0. The molecular formula is C56H32. The van der Waals surface area contributed by atoms with E-state index in [1.54, 1.807) is 0 Å². The molecule has 13 aromatic carbocycles. The third-order valence-electron chi connectivity index (χ3n) is 12.7. The SMILES string of the molecule is c1ccc(-c2ccc3c(c2)c2cccc4c5c(-c6ccccc6)c6c7cccc8c9c(ccc%10ccccc%109)cc(c6c(-c6ccccc6)c5cc3c24)c78)cc1. The average molecular weight is 705 g/mol. The standard InChI is InChI=1S/C56H32/c1-4-14-33(15-5-1)37-28-29-40-45(30-37)41-22-12-24-43-52(41)46(40)32-48-50(35-17-6-2-7-18-35)56-47-31-38-27-26-34-16-10-11-21-39(34)49(38)42-23-13-25-44(53(42)47)55(56)51(54(43)48)36-19-8-3-9-20-36/h1-32H. The summed E-state index contributed by atoms with van der Waals surface area (Å²) in [6.07, 6.45) is 0. The highest BCUT2D eigenvalue weighted by Gasteiger charge is 2.27. The van der Waals surface area contributed by atoms with Crippen molar-refractivity contribution in [3.63, 3.8) is 0 Å². The molecule has 56 heavy (non-hydrogen) atoms. The van der Waals surface area contributed by atoms with Crippen LogP contribution in [0.1, 0.15) is 0 Å². The molecule has 0 bridgehead atoms. The maximum absolute atomic E-state index is 2.54. The summed E-state index contributed by atoms with van der Waals surface area (Å²) in [5.74, 6) is 0. The largest absolute Gasteiger partial charge is 0.0622 e. The molecule has 13 aromatic rings. The van der Waals surface area contributed by atoms with E-state index in [1.807, 2.05) is 0 Å². The molecule has 0 heterocycles. The molecule has 0 nitrogen and oxygen atoms in total. The minimum absolute atomic E-state index is 1.24. The van der Waals surface area contributed by atoms with E-state index in [-0.39, 0.29) is 0 Å². The van der Waals surface area contributed by atoms with Crippen molar-refractivity contribution in [2.45, 2.75) is 0 Å². The molecule has 0 N–H and O–H groups in total. The van der Waals surface area contributed by atoms with Crippen LogP contribution in [0.15, 0.2) is 194 Å². The van der Waals surface area contributed by atoms with Crippen molar-refractivity contribution in [2.24, 2.45) is 0 Å². The van der Waals surface area contributed by atoms with Crippen LogP contribution < -0.4 is 0 Å². The molecule has 0 fully saturated rings. The molecule has 0 radical (unpaired) electrons. The Hall–Kier alpha value is -7.28. The highest BCUT2D eigenvalue weighted by atomic mass is 14.3. The number of hydrogen-bond acceptors (Lipinski definition) is 0. The van der Waals surface area contributed by atoms with E-state index in [9.17, 15) is 0 Å². The minimum atomic E-state index is 1.24. The van der Waals surface area contributed by atoms with Crippen molar-refractivity contribution in [1.82, 2.24) is 0 Å². The predicted octanol–water partition coefficient (Wildman–Crippen LogP) is 15.9. The fourth-order valence-corrected chi connectivity index (χ4v) is 10.4. The molecule has 0 aliphatic rings. The molecule has 0 spiro atoms. The van der Waals surface area contributed by atoms with Crippen molar-refractivity contribution < 1.29 is 0 Å². The van der Waals surface area contributed by atoms with E-state index in [2.05, 4.69) is 194 Å². The lowest BCUT2D eigenvalue weighted by Crippen LogP contribution is -1.91. The summed E-state index contributed by atoms with van der Waals surface area (Å²) in [6, 6.07) is 72.7. The van der Waals surface area contributed by atoms with E-state index < -0.39 is 0 Å². The minimum Gasteiger partial charge on any atom is -0.0622 e. The Bertz CT molecular complexity index is 3710. The molecule has 13 rings (SSSR count). The van der Waals surface area contributed by atoms with Crippen molar-refractivity contribution in [2.75, 3.05) is 0 Å². The van der Waals surface area contributed by atoms with E-state index in [0.717, 1.165) is 0 Å². The monoisotopic (exact) mass is 704 g/mol. The molecule has 0 aromatic heterocycles. The maximum atomic E-state index is 2.54.